The molecule has 4 rings (SSSR count). The van der Waals surface area contributed by atoms with E-state index in [0.29, 0.717) is 26.4 Å². The highest BCUT2D eigenvalue weighted by Gasteiger charge is 2.23. The van der Waals surface area contributed by atoms with Crippen molar-refractivity contribution in [1.29, 1.82) is 0 Å². The first-order chi connectivity index (χ1) is 19.0. The summed E-state index contributed by atoms with van der Waals surface area (Å²) in [5, 5.41) is 1.81. The van der Waals surface area contributed by atoms with Gasteiger partial charge in [-0.3, -0.25) is 4.79 Å². The quantitative estimate of drug-likeness (QED) is 0.119. The van der Waals surface area contributed by atoms with E-state index < -0.39 is 0 Å². The molecule has 4 heterocycles. The van der Waals surface area contributed by atoms with E-state index in [1.54, 1.807) is 11.8 Å². The standard InChI is InChI=1S/C30H44N2O3S5/c1-29(2,7-11-31-25(36)19-23-21(27(31)33)5-17-39-23)9-13-34-15-16-35-14-10-30(3,4)8-12-32-26(37)20-24-22(28(32)38)6-18-40-24/h19-20,36,38H,5-18H2,1-4H3. The van der Waals surface area contributed by atoms with Crippen LogP contribution in [-0.2, 0) is 35.4 Å². The monoisotopic (exact) mass is 640 g/mol. The molecule has 0 bridgehead atoms. The van der Waals surface area contributed by atoms with Gasteiger partial charge in [0.05, 0.1) is 23.3 Å². The molecule has 10 heteroatoms. The molecule has 0 amide bonds. The van der Waals surface area contributed by atoms with Crippen LogP contribution in [0.15, 0.2) is 36.8 Å². The molecule has 2 aromatic rings. The number of nitrogens with zero attached hydrogens (tertiary/aromatic N) is 2. The number of fused-ring (bicyclic) bond motifs is 2. The molecule has 0 atom stereocenters. The first kappa shape index (κ1) is 32.6. The smallest absolute Gasteiger partial charge is 0.255 e. The zero-order valence-corrected chi connectivity index (χ0v) is 28.5. The summed E-state index contributed by atoms with van der Waals surface area (Å²) < 4.78 is 16.7. The topological polar surface area (TPSA) is 45.4 Å². The Morgan fingerprint density at radius 1 is 0.800 bits per heavy atom. The van der Waals surface area contributed by atoms with Gasteiger partial charge in [-0.15, -0.1) is 48.8 Å². The van der Waals surface area contributed by atoms with Crippen molar-refractivity contribution in [2.45, 2.75) is 99.2 Å². The Balaban J connectivity index is 1.09. The van der Waals surface area contributed by atoms with Crippen LogP contribution in [0.25, 0.3) is 0 Å². The second-order valence-corrected chi connectivity index (χ2v) is 15.9. The molecule has 0 unspecified atom stereocenters. The van der Waals surface area contributed by atoms with E-state index in [-0.39, 0.29) is 16.4 Å². The van der Waals surface area contributed by atoms with Crippen molar-refractivity contribution in [3.05, 3.63) is 38.3 Å². The predicted octanol–water partition coefficient (Wildman–Crippen LogP) is 7.60. The van der Waals surface area contributed by atoms with Gasteiger partial charge in [0.25, 0.3) is 5.56 Å². The number of aromatic nitrogens is 2. The van der Waals surface area contributed by atoms with Gasteiger partial charge in [-0.2, -0.15) is 0 Å². The number of pyridine rings is 2. The van der Waals surface area contributed by atoms with Gasteiger partial charge >= 0.3 is 0 Å². The fraction of sp³-hybridized carbons (Fsp3) is 0.667. The SMILES string of the molecule is CC(C)(CCOCCOCCC(C)(C)CCn1c(S)cc2c(c1=O)CCS2)CCn1c(S)c2c(cc1=S)SCC2. The Labute approximate surface area is 264 Å². The molecule has 0 saturated heterocycles. The van der Waals surface area contributed by atoms with E-state index >= 15 is 0 Å². The third kappa shape index (κ3) is 8.60. The summed E-state index contributed by atoms with van der Waals surface area (Å²) in [6.45, 7) is 13.3. The molecule has 40 heavy (non-hydrogen) atoms. The van der Waals surface area contributed by atoms with Crippen LogP contribution in [0.3, 0.4) is 0 Å². The Kier molecular flexibility index (Phi) is 11.7. The van der Waals surface area contributed by atoms with Gasteiger partial charge in [0, 0.05) is 53.2 Å². The maximum Gasteiger partial charge on any atom is 0.255 e. The minimum absolute atomic E-state index is 0.0751. The number of thiol groups is 2. The summed E-state index contributed by atoms with van der Waals surface area (Å²) in [5.41, 5.74) is 2.68. The molecule has 0 fully saturated rings. The molecule has 0 aliphatic carbocycles. The largest absolute Gasteiger partial charge is 0.379 e. The van der Waals surface area contributed by atoms with Gasteiger partial charge in [0.15, 0.2) is 0 Å². The van der Waals surface area contributed by atoms with Crippen LogP contribution < -0.4 is 5.56 Å². The molecular formula is C30H44N2O3S5. The lowest BCUT2D eigenvalue weighted by Crippen LogP contribution is -2.27. The van der Waals surface area contributed by atoms with E-state index in [1.165, 1.54) is 10.5 Å². The van der Waals surface area contributed by atoms with Gasteiger partial charge in [0.2, 0.25) is 0 Å². The molecule has 0 aromatic carbocycles. The molecule has 0 spiro atoms. The minimum atomic E-state index is 0.0751. The zero-order valence-electron chi connectivity index (χ0n) is 24.3. The van der Waals surface area contributed by atoms with Crippen LogP contribution in [-0.4, -0.2) is 47.1 Å². The van der Waals surface area contributed by atoms with Crippen molar-refractivity contribution < 1.29 is 9.47 Å². The van der Waals surface area contributed by atoms with E-state index in [4.69, 9.17) is 34.3 Å². The third-order valence-electron chi connectivity index (χ3n) is 8.14. The Hall–Kier alpha value is -0.360. The summed E-state index contributed by atoms with van der Waals surface area (Å²) in [7, 11) is 0. The van der Waals surface area contributed by atoms with Crippen molar-refractivity contribution in [2.24, 2.45) is 10.8 Å². The summed E-state index contributed by atoms with van der Waals surface area (Å²) in [6, 6.07) is 4.20. The number of hydrogen-bond donors (Lipinski definition) is 2. The Morgan fingerprint density at radius 2 is 1.32 bits per heavy atom. The lowest BCUT2D eigenvalue weighted by atomic mass is 9.86. The lowest BCUT2D eigenvalue weighted by molar-refractivity contribution is 0.0268. The first-order valence-electron chi connectivity index (χ1n) is 14.3. The van der Waals surface area contributed by atoms with Crippen molar-refractivity contribution in [2.75, 3.05) is 37.9 Å². The summed E-state index contributed by atoms with van der Waals surface area (Å²) in [5.74, 6) is 2.12. The second kappa shape index (κ2) is 14.4. The molecular weight excluding hydrogens is 597 g/mol. The maximum atomic E-state index is 12.9. The van der Waals surface area contributed by atoms with Gasteiger partial charge < -0.3 is 18.6 Å². The van der Waals surface area contributed by atoms with Gasteiger partial charge in [-0.1, -0.05) is 39.9 Å². The van der Waals surface area contributed by atoms with E-state index in [9.17, 15) is 4.79 Å². The average molecular weight is 641 g/mol. The Bertz CT molecular complexity index is 1280. The van der Waals surface area contributed by atoms with Crippen LogP contribution in [0.1, 0.15) is 64.5 Å². The highest BCUT2D eigenvalue weighted by atomic mass is 32.2. The molecule has 0 saturated carbocycles. The number of ether oxygens (including phenoxy) is 2. The van der Waals surface area contributed by atoms with Crippen LogP contribution in [0.5, 0.6) is 0 Å². The van der Waals surface area contributed by atoms with Crippen LogP contribution >= 0.6 is 61.0 Å². The Morgan fingerprint density at radius 3 is 1.93 bits per heavy atom. The fourth-order valence-electron chi connectivity index (χ4n) is 5.09. The molecule has 222 valence electrons. The lowest BCUT2D eigenvalue weighted by Gasteiger charge is -2.26. The van der Waals surface area contributed by atoms with Crippen molar-refractivity contribution >= 4 is 61.0 Å². The molecule has 0 radical (unpaired) electrons. The van der Waals surface area contributed by atoms with E-state index in [0.717, 1.165) is 88.3 Å². The number of hydrogen-bond acceptors (Lipinski definition) is 8. The number of rotatable bonds is 15. The molecule has 5 nitrogen and oxygen atoms in total. The third-order valence-corrected chi connectivity index (χ3v) is 11.5. The minimum Gasteiger partial charge on any atom is -0.379 e. The van der Waals surface area contributed by atoms with Gasteiger partial charge in [-0.05, 0) is 67.1 Å². The van der Waals surface area contributed by atoms with Crippen LogP contribution in [0.2, 0.25) is 0 Å². The molecule has 2 aliphatic heterocycles. The summed E-state index contributed by atoms with van der Waals surface area (Å²) >= 11 is 18.7. The first-order valence-corrected chi connectivity index (χ1v) is 17.6. The van der Waals surface area contributed by atoms with E-state index in [2.05, 4.69) is 57.0 Å². The summed E-state index contributed by atoms with van der Waals surface area (Å²) in [4.78, 5) is 15.3. The zero-order chi connectivity index (χ0) is 28.9. The van der Waals surface area contributed by atoms with Crippen molar-refractivity contribution in [1.82, 2.24) is 9.13 Å². The van der Waals surface area contributed by atoms with Crippen LogP contribution in [0.4, 0.5) is 0 Å². The van der Waals surface area contributed by atoms with Crippen molar-refractivity contribution in [3.8, 4) is 0 Å². The molecule has 0 N–H and O–H groups in total. The number of thioether (sulfide) groups is 2. The van der Waals surface area contributed by atoms with Gasteiger partial charge in [0.1, 0.15) is 4.64 Å². The highest BCUT2D eigenvalue weighted by Crippen LogP contribution is 2.36. The average Bonchev–Trinajstić information content (AvgIpc) is 3.55. The molecule has 2 aliphatic rings. The molecule has 2 aromatic heterocycles. The summed E-state index contributed by atoms with van der Waals surface area (Å²) in [6.07, 6.45) is 5.81. The predicted molar refractivity (Wildman–Crippen MR) is 177 cm³/mol. The normalized spacial score (nSPS) is 15.1. The van der Waals surface area contributed by atoms with E-state index in [1.807, 2.05) is 16.3 Å². The van der Waals surface area contributed by atoms with Crippen LogP contribution in [0, 0.1) is 15.5 Å². The van der Waals surface area contributed by atoms with Crippen molar-refractivity contribution in [3.63, 3.8) is 0 Å². The second-order valence-electron chi connectivity index (χ2n) is 12.4. The fourth-order valence-corrected chi connectivity index (χ4v) is 8.63. The van der Waals surface area contributed by atoms with Gasteiger partial charge in [-0.25, -0.2) is 0 Å². The highest BCUT2D eigenvalue weighted by molar-refractivity contribution is 7.99. The maximum absolute atomic E-state index is 12.9.